The van der Waals surface area contributed by atoms with Crippen molar-refractivity contribution in [3.63, 3.8) is 0 Å². The Bertz CT molecular complexity index is 410. The normalized spacial score (nSPS) is 36.1. The standard InChI is InChI=1S/C13H27N3O2S/c1-15(6-7-19(3,17)18)13(10-14)8-11-4-5-12(9-13)16(11)2/h11-12H,4-10,14H2,1-3H3. The van der Waals surface area contributed by atoms with E-state index in [9.17, 15) is 8.42 Å². The minimum absolute atomic E-state index is 0.0109. The molecule has 0 aromatic carbocycles. The van der Waals surface area contributed by atoms with Crippen molar-refractivity contribution in [2.75, 3.05) is 39.2 Å². The summed E-state index contributed by atoms with van der Waals surface area (Å²) in [4.78, 5) is 4.69. The van der Waals surface area contributed by atoms with Crippen LogP contribution < -0.4 is 5.73 Å². The first-order valence-corrected chi connectivity index (χ1v) is 9.14. The Morgan fingerprint density at radius 3 is 2.26 bits per heavy atom. The van der Waals surface area contributed by atoms with E-state index in [-0.39, 0.29) is 11.3 Å². The van der Waals surface area contributed by atoms with Crippen LogP contribution in [0.5, 0.6) is 0 Å². The molecule has 5 nitrogen and oxygen atoms in total. The molecule has 2 fully saturated rings. The Labute approximate surface area is 117 Å². The molecular weight excluding hydrogens is 262 g/mol. The zero-order valence-corrected chi connectivity index (χ0v) is 13.1. The molecule has 0 spiro atoms. The molecule has 2 heterocycles. The Kier molecular flexibility index (Phi) is 4.26. The van der Waals surface area contributed by atoms with Crippen molar-refractivity contribution < 1.29 is 8.42 Å². The van der Waals surface area contributed by atoms with Gasteiger partial charge in [0.1, 0.15) is 9.84 Å². The van der Waals surface area contributed by atoms with Crippen LogP contribution in [-0.4, -0.2) is 75.0 Å². The number of nitrogens with zero attached hydrogens (tertiary/aromatic N) is 2. The van der Waals surface area contributed by atoms with Crippen LogP contribution >= 0.6 is 0 Å². The number of fused-ring (bicyclic) bond motifs is 2. The summed E-state index contributed by atoms with van der Waals surface area (Å²) in [5.41, 5.74) is 6.06. The summed E-state index contributed by atoms with van der Waals surface area (Å²) in [5, 5.41) is 0. The molecule has 6 heteroatoms. The summed E-state index contributed by atoms with van der Waals surface area (Å²) in [5.74, 6) is 0.219. The van der Waals surface area contributed by atoms with Gasteiger partial charge < -0.3 is 10.6 Å². The van der Waals surface area contributed by atoms with E-state index in [1.165, 1.54) is 19.1 Å². The van der Waals surface area contributed by atoms with Gasteiger partial charge in [0.25, 0.3) is 0 Å². The van der Waals surface area contributed by atoms with E-state index in [0.717, 1.165) is 12.8 Å². The molecule has 0 aromatic heterocycles. The molecule has 2 rings (SSSR count). The third kappa shape index (κ3) is 3.12. The Morgan fingerprint density at radius 1 is 1.32 bits per heavy atom. The lowest BCUT2D eigenvalue weighted by atomic mass is 9.81. The fourth-order valence-corrected chi connectivity index (χ4v) is 4.32. The lowest BCUT2D eigenvalue weighted by Gasteiger charge is -2.49. The van der Waals surface area contributed by atoms with Crippen molar-refractivity contribution in [1.82, 2.24) is 9.80 Å². The van der Waals surface area contributed by atoms with Gasteiger partial charge in [-0.1, -0.05) is 0 Å². The number of sulfone groups is 1. The Morgan fingerprint density at radius 2 is 1.84 bits per heavy atom. The molecule has 112 valence electrons. The van der Waals surface area contributed by atoms with E-state index < -0.39 is 9.84 Å². The van der Waals surface area contributed by atoms with Crippen molar-refractivity contribution in [1.29, 1.82) is 0 Å². The van der Waals surface area contributed by atoms with Crippen molar-refractivity contribution in [2.45, 2.75) is 43.3 Å². The summed E-state index contributed by atoms with van der Waals surface area (Å²) in [7, 11) is 1.33. The van der Waals surface area contributed by atoms with E-state index in [1.54, 1.807) is 0 Å². The maximum absolute atomic E-state index is 11.3. The van der Waals surface area contributed by atoms with Gasteiger partial charge in [0.2, 0.25) is 0 Å². The number of hydrogen-bond acceptors (Lipinski definition) is 5. The molecule has 2 atom stereocenters. The van der Waals surface area contributed by atoms with Gasteiger partial charge in [-0.25, -0.2) is 8.42 Å². The summed E-state index contributed by atoms with van der Waals surface area (Å²) in [6.45, 7) is 1.20. The fraction of sp³-hybridized carbons (Fsp3) is 1.00. The highest BCUT2D eigenvalue weighted by Gasteiger charge is 2.48. The number of piperidine rings is 1. The average Bonchev–Trinajstić information content (AvgIpc) is 2.57. The third-order valence-electron chi connectivity index (χ3n) is 5.20. The molecular formula is C13H27N3O2S. The molecule has 2 N–H and O–H groups in total. The van der Waals surface area contributed by atoms with Gasteiger partial charge in [0, 0.05) is 37.0 Å². The molecule has 0 saturated carbocycles. The second-order valence-electron chi connectivity index (χ2n) is 6.44. The van der Waals surface area contributed by atoms with Crippen LogP contribution in [0.15, 0.2) is 0 Å². The molecule has 2 unspecified atom stereocenters. The highest BCUT2D eigenvalue weighted by atomic mass is 32.2. The highest BCUT2D eigenvalue weighted by Crippen LogP contribution is 2.41. The van der Waals surface area contributed by atoms with Gasteiger partial charge in [0.15, 0.2) is 0 Å². The van der Waals surface area contributed by atoms with Crippen LogP contribution in [0.4, 0.5) is 0 Å². The van der Waals surface area contributed by atoms with Gasteiger partial charge in [-0.05, 0) is 39.8 Å². The van der Waals surface area contributed by atoms with Crippen molar-refractivity contribution in [3.05, 3.63) is 0 Å². The lowest BCUT2D eigenvalue weighted by molar-refractivity contribution is 0.0196. The zero-order valence-electron chi connectivity index (χ0n) is 12.3. The van der Waals surface area contributed by atoms with Crippen LogP contribution in [-0.2, 0) is 9.84 Å². The fourth-order valence-electron chi connectivity index (χ4n) is 3.72. The van der Waals surface area contributed by atoms with E-state index in [4.69, 9.17) is 5.73 Å². The first-order chi connectivity index (χ1) is 8.77. The Hall–Kier alpha value is -0.170. The molecule has 2 aliphatic rings. The second kappa shape index (κ2) is 5.31. The SMILES string of the molecule is CN1C2CCC1CC(CN)(N(C)CCS(C)(=O)=O)C2. The topological polar surface area (TPSA) is 66.6 Å². The van der Waals surface area contributed by atoms with E-state index >= 15 is 0 Å². The van der Waals surface area contributed by atoms with Crippen molar-refractivity contribution in [3.8, 4) is 0 Å². The van der Waals surface area contributed by atoms with Crippen molar-refractivity contribution >= 4 is 9.84 Å². The first-order valence-electron chi connectivity index (χ1n) is 7.08. The molecule has 0 radical (unpaired) electrons. The number of nitrogens with two attached hydrogens (primary N) is 1. The van der Waals surface area contributed by atoms with Gasteiger partial charge in [-0.15, -0.1) is 0 Å². The van der Waals surface area contributed by atoms with Gasteiger partial charge >= 0.3 is 0 Å². The predicted octanol–water partition coefficient (Wildman–Crippen LogP) is -0.0831. The summed E-state index contributed by atoms with van der Waals surface area (Å²) in [6.07, 6.45) is 5.94. The monoisotopic (exact) mass is 289 g/mol. The van der Waals surface area contributed by atoms with E-state index in [0.29, 0.717) is 25.2 Å². The Balaban J connectivity index is 2.07. The van der Waals surface area contributed by atoms with Gasteiger partial charge in [-0.2, -0.15) is 0 Å². The molecule has 2 aliphatic heterocycles. The van der Waals surface area contributed by atoms with Crippen LogP contribution in [0, 0.1) is 0 Å². The molecule has 0 aliphatic carbocycles. The van der Waals surface area contributed by atoms with Crippen LogP contribution in [0.3, 0.4) is 0 Å². The smallest absolute Gasteiger partial charge is 0.148 e. The number of hydrogen-bond donors (Lipinski definition) is 1. The van der Waals surface area contributed by atoms with E-state index in [2.05, 4.69) is 16.8 Å². The second-order valence-corrected chi connectivity index (χ2v) is 8.70. The minimum Gasteiger partial charge on any atom is -0.329 e. The first kappa shape index (κ1) is 15.2. The van der Waals surface area contributed by atoms with Crippen LogP contribution in [0.25, 0.3) is 0 Å². The highest BCUT2D eigenvalue weighted by molar-refractivity contribution is 7.90. The van der Waals surface area contributed by atoms with E-state index in [1.807, 2.05) is 7.05 Å². The summed E-state index contributed by atoms with van der Waals surface area (Å²) in [6, 6.07) is 1.23. The maximum Gasteiger partial charge on any atom is 0.148 e. The average molecular weight is 289 g/mol. The summed E-state index contributed by atoms with van der Waals surface area (Å²) < 4.78 is 22.7. The largest absolute Gasteiger partial charge is 0.329 e. The molecule has 0 amide bonds. The number of likely N-dealkylation sites (N-methyl/N-ethyl adjacent to an activating group) is 1. The van der Waals surface area contributed by atoms with Crippen LogP contribution in [0.1, 0.15) is 25.7 Å². The van der Waals surface area contributed by atoms with Crippen LogP contribution in [0.2, 0.25) is 0 Å². The molecule has 2 bridgehead atoms. The molecule has 19 heavy (non-hydrogen) atoms. The van der Waals surface area contributed by atoms with Crippen molar-refractivity contribution in [2.24, 2.45) is 5.73 Å². The van der Waals surface area contributed by atoms with Gasteiger partial charge in [-0.3, -0.25) is 4.90 Å². The lowest BCUT2D eigenvalue weighted by Crippen LogP contribution is -2.61. The number of rotatable bonds is 5. The maximum atomic E-state index is 11.3. The molecule has 0 aromatic rings. The quantitative estimate of drug-likeness (QED) is 0.766. The third-order valence-corrected chi connectivity index (χ3v) is 6.13. The van der Waals surface area contributed by atoms with Gasteiger partial charge in [0.05, 0.1) is 5.75 Å². The molecule has 2 saturated heterocycles. The summed E-state index contributed by atoms with van der Waals surface area (Å²) >= 11 is 0. The zero-order chi connectivity index (χ0) is 14.3. The predicted molar refractivity (Wildman–Crippen MR) is 77.9 cm³/mol. The minimum atomic E-state index is -2.91.